The minimum atomic E-state index is 0.0179. The van der Waals surface area contributed by atoms with Crippen molar-refractivity contribution in [3.05, 3.63) is 24.3 Å². The van der Waals surface area contributed by atoms with Gasteiger partial charge in [-0.25, -0.2) is 0 Å². The van der Waals surface area contributed by atoms with E-state index >= 15 is 0 Å². The minimum absolute atomic E-state index is 0.0179. The summed E-state index contributed by atoms with van der Waals surface area (Å²) >= 11 is 1.51. The zero-order chi connectivity index (χ0) is 11.6. The first kappa shape index (κ1) is 11.4. The Labute approximate surface area is 99.8 Å². The number of nitrogens with one attached hydrogen (secondary N) is 1. The van der Waals surface area contributed by atoms with Crippen LogP contribution in [-0.4, -0.2) is 16.5 Å². The summed E-state index contributed by atoms with van der Waals surface area (Å²) in [5, 5.41) is 5.84. The molecule has 4 heteroatoms. The van der Waals surface area contributed by atoms with Gasteiger partial charge in [0.15, 0.2) is 0 Å². The molecule has 0 bridgehead atoms. The van der Waals surface area contributed by atoms with E-state index in [4.69, 9.17) is 5.73 Å². The summed E-state index contributed by atoms with van der Waals surface area (Å²) in [5.41, 5.74) is 6.68. The van der Waals surface area contributed by atoms with Crippen molar-refractivity contribution < 1.29 is 0 Å². The van der Waals surface area contributed by atoms with Crippen LogP contribution in [0.5, 0.6) is 0 Å². The fraction of sp³-hybridized carbons (Fsp3) is 0.417. The van der Waals surface area contributed by atoms with Crippen LogP contribution in [0, 0.1) is 0 Å². The number of nitrogens with zero attached hydrogens (tertiary/aromatic N) is 1. The highest BCUT2D eigenvalue weighted by Crippen LogP contribution is 2.30. The Morgan fingerprint density at radius 1 is 1.38 bits per heavy atom. The standard InChI is InChI=1S/C12H17N3S/c1-12(2,7-8-13)14-11-9-5-3-4-6-10(9)15-16-11/h3-6,14H,7-8,13H2,1-2H3. The summed E-state index contributed by atoms with van der Waals surface area (Å²) in [7, 11) is 0. The van der Waals surface area contributed by atoms with Crippen LogP contribution in [0.4, 0.5) is 5.00 Å². The third-order valence-corrected chi connectivity index (χ3v) is 3.40. The van der Waals surface area contributed by atoms with Gasteiger partial charge in [-0.2, -0.15) is 4.37 Å². The van der Waals surface area contributed by atoms with Crippen LogP contribution in [0.2, 0.25) is 0 Å². The molecule has 0 saturated heterocycles. The van der Waals surface area contributed by atoms with Gasteiger partial charge in [-0.05, 0) is 50.5 Å². The second kappa shape index (κ2) is 4.39. The average molecular weight is 235 g/mol. The maximum Gasteiger partial charge on any atom is 0.117 e. The first-order chi connectivity index (χ1) is 7.62. The molecule has 16 heavy (non-hydrogen) atoms. The molecule has 2 rings (SSSR count). The van der Waals surface area contributed by atoms with Gasteiger partial charge >= 0.3 is 0 Å². The van der Waals surface area contributed by atoms with Crippen molar-refractivity contribution >= 4 is 27.4 Å². The molecule has 86 valence electrons. The second-order valence-electron chi connectivity index (χ2n) is 4.58. The smallest absolute Gasteiger partial charge is 0.117 e. The quantitative estimate of drug-likeness (QED) is 0.856. The van der Waals surface area contributed by atoms with Gasteiger partial charge in [0.25, 0.3) is 0 Å². The van der Waals surface area contributed by atoms with Gasteiger partial charge in [-0.3, -0.25) is 0 Å². The first-order valence-corrected chi connectivity index (χ1v) is 6.22. The fourth-order valence-electron chi connectivity index (χ4n) is 1.71. The molecule has 0 saturated carbocycles. The van der Waals surface area contributed by atoms with E-state index < -0.39 is 0 Å². The SMILES string of the molecule is CC(C)(CCN)Nc1snc2ccccc12. The molecular formula is C12H17N3S. The summed E-state index contributed by atoms with van der Waals surface area (Å²) in [5.74, 6) is 0. The largest absolute Gasteiger partial charge is 0.370 e. The van der Waals surface area contributed by atoms with E-state index in [-0.39, 0.29) is 5.54 Å². The third-order valence-electron chi connectivity index (χ3n) is 2.61. The van der Waals surface area contributed by atoms with E-state index in [1.165, 1.54) is 16.9 Å². The van der Waals surface area contributed by atoms with Crippen LogP contribution in [0.3, 0.4) is 0 Å². The van der Waals surface area contributed by atoms with Gasteiger partial charge in [-0.1, -0.05) is 12.1 Å². The molecule has 3 N–H and O–H groups in total. The van der Waals surface area contributed by atoms with Crippen LogP contribution >= 0.6 is 11.5 Å². The molecule has 1 aromatic heterocycles. The molecule has 0 radical (unpaired) electrons. The molecule has 0 aliphatic rings. The van der Waals surface area contributed by atoms with Crippen molar-refractivity contribution in [2.24, 2.45) is 5.73 Å². The highest BCUT2D eigenvalue weighted by molar-refractivity contribution is 7.11. The molecular weight excluding hydrogens is 218 g/mol. The summed E-state index contributed by atoms with van der Waals surface area (Å²) in [6.45, 7) is 5.01. The van der Waals surface area contributed by atoms with Crippen molar-refractivity contribution in [3.63, 3.8) is 0 Å². The van der Waals surface area contributed by atoms with Crippen LogP contribution in [0.1, 0.15) is 20.3 Å². The molecule has 0 fully saturated rings. The summed E-state index contributed by atoms with van der Waals surface area (Å²) in [6.07, 6.45) is 0.944. The van der Waals surface area contributed by atoms with Crippen molar-refractivity contribution in [2.45, 2.75) is 25.8 Å². The normalized spacial score (nSPS) is 11.9. The monoisotopic (exact) mass is 235 g/mol. The Bertz CT molecular complexity index is 476. The average Bonchev–Trinajstić information content (AvgIpc) is 2.61. The molecule has 0 unspecified atom stereocenters. The Morgan fingerprint density at radius 2 is 2.12 bits per heavy atom. The Kier molecular flexibility index (Phi) is 3.12. The van der Waals surface area contributed by atoms with E-state index in [0.717, 1.165) is 16.9 Å². The number of aromatic nitrogens is 1. The van der Waals surface area contributed by atoms with Crippen LogP contribution in [0.15, 0.2) is 24.3 Å². The Morgan fingerprint density at radius 3 is 2.88 bits per heavy atom. The molecule has 3 nitrogen and oxygen atoms in total. The van der Waals surface area contributed by atoms with Gasteiger partial charge < -0.3 is 11.1 Å². The summed E-state index contributed by atoms with van der Waals surface area (Å²) < 4.78 is 4.41. The van der Waals surface area contributed by atoms with Gasteiger partial charge in [0.2, 0.25) is 0 Å². The lowest BCUT2D eigenvalue weighted by molar-refractivity contribution is 0.528. The molecule has 2 aromatic rings. The molecule has 1 aromatic carbocycles. The summed E-state index contributed by atoms with van der Waals surface area (Å²) in [6, 6.07) is 8.18. The lowest BCUT2D eigenvalue weighted by atomic mass is 10.0. The van der Waals surface area contributed by atoms with Crippen molar-refractivity contribution in [1.82, 2.24) is 4.37 Å². The lowest BCUT2D eigenvalue weighted by Gasteiger charge is -2.25. The second-order valence-corrected chi connectivity index (χ2v) is 5.35. The van der Waals surface area contributed by atoms with Gasteiger partial charge in [0.05, 0.1) is 5.52 Å². The Balaban J connectivity index is 2.27. The number of benzene rings is 1. The van der Waals surface area contributed by atoms with Crippen LogP contribution < -0.4 is 11.1 Å². The highest BCUT2D eigenvalue weighted by Gasteiger charge is 2.18. The van der Waals surface area contributed by atoms with E-state index in [0.29, 0.717) is 6.54 Å². The summed E-state index contributed by atoms with van der Waals surface area (Å²) in [4.78, 5) is 0. The number of anilines is 1. The predicted molar refractivity (Wildman–Crippen MR) is 71.0 cm³/mol. The molecule has 1 heterocycles. The van der Waals surface area contributed by atoms with E-state index in [9.17, 15) is 0 Å². The van der Waals surface area contributed by atoms with Crippen LogP contribution in [0.25, 0.3) is 10.9 Å². The lowest BCUT2D eigenvalue weighted by Crippen LogP contribution is -2.33. The highest BCUT2D eigenvalue weighted by atomic mass is 32.1. The topological polar surface area (TPSA) is 50.9 Å². The molecule has 0 amide bonds. The number of fused-ring (bicyclic) bond motifs is 1. The van der Waals surface area contributed by atoms with E-state index in [2.05, 4.69) is 29.6 Å². The van der Waals surface area contributed by atoms with Crippen molar-refractivity contribution in [2.75, 3.05) is 11.9 Å². The van der Waals surface area contributed by atoms with Gasteiger partial charge in [-0.15, -0.1) is 0 Å². The van der Waals surface area contributed by atoms with E-state index in [1.54, 1.807) is 0 Å². The first-order valence-electron chi connectivity index (χ1n) is 5.45. The fourth-order valence-corrected chi connectivity index (χ4v) is 2.65. The van der Waals surface area contributed by atoms with Gasteiger partial charge in [0.1, 0.15) is 5.00 Å². The molecule has 0 atom stereocenters. The number of nitrogens with two attached hydrogens (primary N) is 1. The number of hydrogen-bond donors (Lipinski definition) is 2. The van der Waals surface area contributed by atoms with Crippen molar-refractivity contribution in [3.8, 4) is 0 Å². The maximum absolute atomic E-state index is 5.60. The van der Waals surface area contributed by atoms with Crippen molar-refractivity contribution in [1.29, 1.82) is 0 Å². The minimum Gasteiger partial charge on any atom is -0.370 e. The van der Waals surface area contributed by atoms with E-state index in [1.807, 2.05) is 18.2 Å². The number of hydrogen-bond acceptors (Lipinski definition) is 4. The van der Waals surface area contributed by atoms with Gasteiger partial charge in [0, 0.05) is 10.9 Å². The zero-order valence-electron chi connectivity index (χ0n) is 9.66. The molecule has 0 aliphatic heterocycles. The van der Waals surface area contributed by atoms with Crippen LogP contribution in [-0.2, 0) is 0 Å². The Hall–Kier alpha value is -1.13. The molecule has 0 aliphatic carbocycles. The predicted octanol–water partition coefficient (Wildman–Crippen LogP) is 2.84. The molecule has 0 spiro atoms. The third kappa shape index (κ3) is 2.33. The zero-order valence-corrected chi connectivity index (χ0v) is 10.5. The maximum atomic E-state index is 5.60. The number of rotatable bonds is 4.